The molecule has 0 aromatic heterocycles. The van der Waals surface area contributed by atoms with E-state index in [4.69, 9.17) is 0 Å². The minimum Gasteiger partial charge on any atom is -0.309 e. The fourth-order valence-electron chi connectivity index (χ4n) is 13.7. The van der Waals surface area contributed by atoms with Gasteiger partial charge in [-0.3, -0.25) is 0 Å². The van der Waals surface area contributed by atoms with Gasteiger partial charge < -0.3 is 4.90 Å². The highest BCUT2D eigenvalue weighted by Crippen LogP contribution is 2.63. The van der Waals surface area contributed by atoms with Crippen LogP contribution in [-0.2, 0) is 10.8 Å². The van der Waals surface area contributed by atoms with Gasteiger partial charge in [-0.2, -0.15) is 0 Å². The number of hydrogen-bond acceptors (Lipinski definition) is 1. The van der Waals surface area contributed by atoms with Crippen molar-refractivity contribution in [1.82, 2.24) is 0 Å². The molecule has 0 radical (unpaired) electrons. The van der Waals surface area contributed by atoms with Crippen LogP contribution in [0.3, 0.4) is 0 Å². The summed E-state index contributed by atoms with van der Waals surface area (Å²) in [7, 11) is 0. The molecule has 0 amide bonds. The van der Waals surface area contributed by atoms with Gasteiger partial charge in [0.05, 0.1) is 11.1 Å². The highest BCUT2D eigenvalue weighted by Gasteiger charge is 2.52. The summed E-state index contributed by atoms with van der Waals surface area (Å²) in [6.07, 6.45) is 8.46. The maximum Gasteiger partial charge on any atom is 0.0714 e. The summed E-state index contributed by atoms with van der Waals surface area (Å²) in [5, 5.41) is 2.49. The topological polar surface area (TPSA) is 3.24 Å². The predicted octanol–water partition coefficient (Wildman–Crippen LogP) is 16.5. The van der Waals surface area contributed by atoms with Gasteiger partial charge in [-0.05, 0) is 153 Å². The Bertz CT molecular complexity index is 3090. The smallest absolute Gasteiger partial charge is 0.0714 e. The molecular formula is C63H51N. The van der Waals surface area contributed by atoms with E-state index in [-0.39, 0.29) is 0 Å². The molecule has 9 aromatic rings. The summed E-state index contributed by atoms with van der Waals surface area (Å²) in [6, 6.07) is 82.3. The maximum atomic E-state index is 2.60. The van der Waals surface area contributed by atoms with Crippen molar-refractivity contribution >= 4 is 27.8 Å². The summed E-state index contributed by atoms with van der Waals surface area (Å²) in [6.45, 7) is 0. The van der Waals surface area contributed by atoms with E-state index in [0.29, 0.717) is 5.41 Å². The first-order valence-electron chi connectivity index (χ1n) is 23.6. The molecule has 4 bridgehead atoms. The Hall–Kier alpha value is -6.96. The van der Waals surface area contributed by atoms with Crippen molar-refractivity contribution in [2.75, 3.05) is 4.90 Å². The highest BCUT2D eigenvalue weighted by molar-refractivity contribution is 6.10. The average molecular weight is 822 g/mol. The first kappa shape index (κ1) is 37.6. The summed E-state index contributed by atoms with van der Waals surface area (Å²) in [4.78, 5) is 2.60. The zero-order chi connectivity index (χ0) is 42.2. The van der Waals surface area contributed by atoms with Gasteiger partial charge in [0.1, 0.15) is 0 Å². The van der Waals surface area contributed by atoms with Crippen molar-refractivity contribution in [2.45, 2.75) is 49.4 Å². The third-order valence-corrected chi connectivity index (χ3v) is 15.9. The molecule has 1 nitrogen and oxygen atoms in total. The summed E-state index contributed by atoms with van der Waals surface area (Å²) >= 11 is 0. The van der Waals surface area contributed by atoms with E-state index >= 15 is 0 Å². The average Bonchev–Trinajstić information content (AvgIpc) is 3.65. The van der Waals surface area contributed by atoms with Gasteiger partial charge in [0.2, 0.25) is 0 Å². The number of rotatable bonds is 8. The predicted molar refractivity (Wildman–Crippen MR) is 267 cm³/mol. The van der Waals surface area contributed by atoms with E-state index in [1.54, 1.807) is 5.56 Å². The molecular weight excluding hydrogens is 771 g/mol. The maximum absolute atomic E-state index is 2.60. The fourth-order valence-corrected chi connectivity index (χ4v) is 13.7. The van der Waals surface area contributed by atoms with E-state index in [9.17, 15) is 0 Å². The van der Waals surface area contributed by atoms with Crippen LogP contribution in [0.5, 0.6) is 0 Å². The molecule has 0 saturated heterocycles. The molecule has 4 saturated carbocycles. The molecule has 308 valence electrons. The van der Waals surface area contributed by atoms with Crippen molar-refractivity contribution in [1.29, 1.82) is 0 Å². The molecule has 5 aliphatic rings. The number of fused-ring (bicyclic) bond motifs is 4. The number of anilines is 3. The van der Waals surface area contributed by atoms with Crippen LogP contribution in [0, 0.1) is 17.8 Å². The lowest BCUT2D eigenvalue weighted by atomic mass is 9.48. The molecule has 0 N–H and O–H groups in total. The molecule has 0 atom stereocenters. The zero-order valence-corrected chi connectivity index (χ0v) is 36.2. The first-order chi connectivity index (χ1) is 31.7. The van der Waals surface area contributed by atoms with Crippen LogP contribution in [0.1, 0.15) is 66.3 Å². The Morgan fingerprint density at radius 3 is 1.44 bits per heavy atom. The molecule has 9 aromatic carbocycles. The van der Waals surface area contributed by atoms with Crippen molar-refractivity contribution < 1.29 is 0 Å². The summed E-state index contributed by atoms with van der Waals surface area (Å²) < 4.78 is 0. The lowest BCUT2D eigenvalue weighted by molar-refractivity contribution is -0.00518. The third kappa shape index (κ3) is 5.76. The van der Waals surface area contributed by atoms with Crippen molar-refractivity contribution in [3.8, 4) is 33.4 Å². The molecule has 0 aliphatic heterocycles. The van der Waals surface area contributed by atoms with E-state index in [1.807, 2.05) is 0 Å². The molecule has 4 fully saturated rings. The highest BCUT2D eigenvalue weighted by atomic mass is 15.1. The van der Waals surface area contributed by atoms with Crippen molar-refractivity contribution in [3.63, 3.8) is 0 Å². The number of hydrogen-bond donors (Lipinski definition) is 0. The van der Waals surface area contributed by atoms with E-state index in [2.05, 4.69) is 223 Å². The molecule has 0 unspecified atom stereocenters. The minimum absolute atomic E-state index is 0.330. The largest absolute Gasteiger partial charge is 0.309 e. The van der Waals surface area contributed by atoms with Crippen LogP contribution in [0.2, 0.25) is 0 Å². The van der Waals surface area contributed by atoms with Crippen LogP contribution in [0.25, 0.3) is 44.2 Å². The van der Waals surface area contributed by atoms with E-state index in [1.165, 1.54) is 116 Å². The number of benzene rings is 9. The van der Waals surface area contributed by atoms with Crippen LogP contribution < -0.4 is 4.90 Å². The zero-order valence-electron chi connectivity index (χ0n) is 36.2. The molecule has 0 spiro atoms. The Balaban J connectivity index is 1.06. The molecule has 0 heterocycles. The van der Waals surface area contributed by atoms with Crippen molar-refractivity contribution in [3.05, 3.63) is 246 Å². The van der Waals surface area contributed by atoms with Gasteiger partial charge >= 0.3 is 0 Å². The van der Waals surface area contributed by atoms with Gasteiger partial charge in [-0.25, -0.2) is 0 Å². The van der Waals surface area contributed by atoms with Crippen LogP contribution >= 0.6 is 0 Å². The van der Waals surface area contributed by atoms with Gasteiger partial charge in [0, 0.05) is 22.3 Å². The fraction of sp³-hybridized carbons (Fsp3) is 0.175. The van der Waals surface area contributed by atoms with Crippen LogP contribution in [0.4, 0.5) is 17.1 Å². The third-order valence-electron chi connectivity index (χ3n) is 15.9. The second-order valence-corrected chi connectivity index (χ2v) is 19.4. The van der Waals surface area contributed by atoms with E-state index < -0.39 is 5.41 Å². The molecule has 5 aliphatic carbocycles. The normalized spacial score (nSPS) is 21.1. The Labute approximate surface area is 377 Å². The van der Waals surface area contributed by atoms with Gasteiger partial charge in [0.25, 0.3) is 0 Å². The van der Waals surface area contributed by atoms with Crippen LogP contribution in [0.15, 0.2) is 218 Å². The van der Waals surface area contributed by atoms with Gasteiger partial charge in [0.15, 0.2) is 0 Å². The molecule has 64 heavy (non-hydrogen) atoms. The monoisotopic (exact) mass is 821 g/mol. The lowest BCUT2D eigenvalue weighted by Gasteiger charge is -2.57. The lowest BCUT2D eigenvalue weighted by Crippen LogP contribution is -2.48. The minimum atomic E-state index is -0.522. The van der Waals surface area contributed by atoms with Gasteiger partial charge in [-0.15, -0.1) is 0 Å². The second-order valence-electron chi connectivity index (χ2n) is 19.4. The molecule has 1 heteroatoms. The van der Waals surface area contributed by atoms with Crippen molar-refractivity contribution in [2.24, 2.45) is 17.8 Å². The summed E-state index contributed by atoms with van der Waals surface area (Å²) in [5.74, 6) is 2.71. The van der Waals surface area contributed by atoms with E-state index in [0.717, 1.165) is 23.4 Å². The number of nitrogens with zero attached hydrogens (tertiary/aromatic N) is 1. The second kappa shape index (κ2) is 14.8. The Morgan fingerprint density at radius 2 is 0.844 bits per heavy atom. The van der Waals surface area contributed by atoms with Gasteiger partial charge in [-0.1, -0.05) is 188 Å². The SMILES string of the molecule is c1ccc(-c2ccccc2-c2ccc(N(c3ccc(C45CC6CC(CC(C6)C4)C5)cc3)c3c4c(cc5ccccc35)C(c3ccccc3)(c3ccccc3)c3ccccc3-4)cc2)cc1. The first-order valence-corrected chi connectivity index (χ1v) is 23.6. The Morgan fingerprint density at radius 1 is 0.375 bits per heavy atom. The summed E-state index contributed by atoms with van der Waals surface area (Å²) in [5.41, 5.74) is 17.7. The molecule has 14 rings (SSSR count). The standard InChI is InChI=1S/C63H51N/c1-4-16-46(17-5-1)54-23-12-13-24-55(54)47-28-32-52(33-29-47)64(53-34-30-49(31-35-53)62-40-43-36-44(41-62)38-45(37-43)42-62)61-56-25-11-10-18-48(56)39-59-60(61)57-26-14-15-27-58(57)63(59,50-19-6-2-7-20-50)51-21-8-3-9-22-51/h1-35,39,43-45H,36-38,40-42H2. The quantitative estimate of drug-likeness (QED) is 0.148. The Kier molecular flexibility index (Phi) is 8.70. The van der Waals surface area contributed by atoms with Crippen LogP contribution in [-0.4, -0.2) is 0 Å².